The van der Waals surface area contributed by atoms with Crippen LogP contribution in [-0.2, 0) is 28.6 Å². The summed E-state index contributed by atoms with van der Waals surface area (Å²) in [4.78, 5) is 40.5. The van der Waals surface area contributed by atoms with Gasteiger partial charge >= 0.3 is 5.97 Å². The third kappa shape index (κ3) is 11.5. The Labute approximate surface area is 336 Å². The Morgan fingerprint density at radius 2 is 1.48 bits per heavy atom. The first-order chi connectivity index (χ1) is 26.1. The number of ketones is 2. The number of fused-ring (bicyclic) bond motifs is 2. The molecule has 3 heterocycles. The van der Waals surface area contributed by atoms with Gasteiger partial charge in [-0.15, -0.1) is 0 Å². The highest BCUT2D eigenvalue weighted by atomic mass is 16.7. The summed E-state index contributed by atoms with van der Waals surface area (Å²) in [5.74, 6) is -7.28. The highest BCUT2D eigenvalue weighted by Crippen LogP contribution is 2.49. The van der Waals surface area contributed by atoms with Crippen LogP contribution >= 0.6 is 0 Å². The molecule has 5 unspecified atom stereocenters. The van der Waals surface area contributed by atoms with Gasteiger partial charge in [0, 0.05) is 48.0 Å². The second-order valence-corrected chi connectivity index (χ2v) is 18.0. The van der Waals surface area contributed by atoms with Gasteiger partial charge < -0.3 is 39.7 Å². The molecular weight excluding hydrogens is 716 g/mol. The Hall–Kier alpha value is -2.25. The van der Waals surface area contributed by atoms with Crippen molar-refractivity contribution >= 4 is 17.5 Å². The van der Waals surface area contributed by atoms with Crippen LogP contribution in [0.5, 0.6) is 0 Å². The zero-order valence-corrected chi connectivity index (χ0v) is 35.8. The normalized spacial score (nSPS) is 46.8. The number of aliphatic hydroxyl groups is 5. The minimum atomic E-state index is -2.18. The molecule has 3 rings (SSSR count). The molecule has 3 aliphatic rings. The summed E-state index contributed by atoms with van der Waals surface area (Å²) in [5.41, 5.74) is -2.18. The second kappa shape index (κ2) is 20.6. The fourth-order valence-electron chi connectivity index (χ4n) is 9.01. The number of ether oxygens (including phenoxy) is 3. The lowest BCUT2D eigenvalue weighted by atomic mass is 9.74. The molecule has 2 saturated heterocycles. The third-order valence-electron chi connectivity index (χ3n) is 13.4. The molecule has 18 atom stereocenters. The summed E-state index contributed by atoms with van der Waals surface area (Å²) < 4.78 is 20.0. The minimum Gasteiger partial charge on any atom is -0.458 e. The van der Waals surface area contributed by atoms with Crippen molar-refractivity contribution in [2.45, 2.75) is 175 Å². The number of esters is 1. The number of rotatable bonds is 3. The van der Waals surface area contributed by atoms with E-state index < -0.39 is 89.0 Å². The van der Waals surface area contributed by atoms with E-state index in [0.29, 0.717) is 25.7 Å². The molecule has 0 aliphatic carbocycles. The summed E-state index contributed by atoms with van der Waals surface area (Å²) in [7, 11) is 0. The SMILES string of the molecule is CCC1/C=C\C=C\C[C@H](C)[C@@H](O)[C@](C)(O)C(=O)[C@@H](C)[C@H](O)[C@@H](C)C(=O)[C@H](C)[C@@H](O)[C@H](C)/C=C/C(=O)OC2[C@@H](C)C(CC1)OC1(CC[C@@H](C)C(C[C@H](C)O)O1)[C@@H]2C. The van der Waals surface area contributed by atoms with Crippen LogP contribution in [0, 0.1) is 53.3 Å². The molecule has 5 N–H and O–H groups in total. The maximum absolute atomic E-state index is 13.5. The molecule has 11 heteroatoms. The Kier molecular flexibility index (Phi) is 17.7. The molecule has 0 aromatic rings. The largest absolute Gasteiger partial charge is 0.458 e. The summed E-state index contributed by atoms with van der Waals surface area (Å²) >= 11 is 0. The predicted molar refractivity (Wildman–Crippen MR) is 215 cm³/mol. The van der Waals surface area contributed by atoms with Crippen molar-refractivity contribution in [3.8, 4) is 0 Å². The van der Waals surface area contributed by atoms with Crippen LogP contribution in [0.25, 0.3) is 0 Å². The Balaban J connectivity index is 1.99. The van der Waals surface area contributed by atoms with E-state index in [1.807, 2.05) is 32.1 Å². The molecule has 3 aliphatic heterocycles. The second-order valence-electron chi connectivity index (χ2n) is 18.0. The number of allylic oxidation sites excluding steroid dienone is 4. The zero-order valence-electron chi connectivity index (χ0n) is 35.8. The van der Waals surface area contributed by atoms with E-state index in [0.717, 1.165) is 19.3 Å². The number of hydrogen-bond donors (Lipinski definition) is 5. The number of aliphatic hydroxyl groups excluding tert-OH is 4. The number of Topliss-reactive ketones (excluding diaryl/α,β-unsaturated/α-hetero) is 2. The molecule has 320 valence electrons. The van der Waals surface area contributed by atoms with Gasteiger partial charge in [0.25, 0.3) is 0 Å². The molecule has 0 aromatic carbocycles. The van der Waals surface area contributed by atoms with Gasteiger partial charge in [0.1, 0.15) is 17.5 Å². The highest BCUT2D eigenvalue weighted by Gasteiger charge is 2.56. The van der Waals surface area contributed by atoms with E-state index in [2.05, 4.69) is 19.9 Å². The van der Waals surface area contributed by atoms with Gasteiger partial charge in [-0.25, -0.2) is 4.79 Å². The standard InChI is InChI=1S/C45H74O11/c1-12-34-17-15-13-14-16-27(4)42(51)44(11,53)43(52)32(9)40(50)31(8)39(49)30(7)38(48)26(3)18-21-37(47)54-41-29(6)35(20-19-34)55-45(33(41)10)23-22-25(2)36(56-45)24-28(5)46/h13-15,17-18,21,25-36,38,40-42,46,48,50-51,53H,12,16,19-20,22-24H2,1-11H3/b14-13+,17-15-,21-18+/t25-,26-,27+,28+,29+,30-,31+,32+,33-,34?,35?,36?,38+,40-,41?,42-,44+,45?/m1/s1. The minimum absolute atomic E-state index is 0.168. The fraction of sp³-hybridized carbons (Fsp3) is 0.800. The molecule has 0 radical (unpaired) electrons. The molecule has 2 bridgehead atoms. The number of carbonyl (C=O) groups is 3. The van der Waals surface area contributed by atoms with Crippen LogP contribution in [0.3, 0.4) is 0 Å². The van der Waals surface area contributed by atoms with E-state index >= 15 is 0 Å². The van der Waals surface area contributed by atoms with Gasteiger partial charge in [-0.05, 0) is 70.1 Å². The maximum atomic E-state index is 13.5. The van der Waals surface area contributed by atoms with Gasteiger partial charge in [-0.1, -0.05) is 92.7 Å². The predicted octanol–water partition coefficient (Wildman–Crippen LogP) is 5.88. The van der Waals surface area contributed by atoms with Gasteiger partial charge in [-0.2, -0.15) is 0 Å². The molecule has 1 spiro atoms. The van der Waals surface area contributed by atoms with Crippen LogP contribution < -0.4 is 0 Å². The molecule has 56 heavy (non-hydrogen) atoms. The van der Waals surface area contributed by atoms with E-state index in [9.17, 15) is 39.9 Å². The fourth-order valence-corrected chi connectivity index (χ4v) is 9.01. The van der Waals surface area contributed by atoms with Crippen molar-refractivity contribution < 1.29 is 54.1 Å². The first kappa shape index (κ1) is 48.1. The van der Waals surface area contributed by atoms with Crippen LogP contribution in [0.2, 0.25) is 0 Å². The van der Waals surface area contributed by atoms with Crippen molar-refractivity contribution in [3.63, 3.8) is 0 Å². The molecule has 0 saturated carbocycles. The average molecular weight is 791 g/mol. The van der Waals surface area contributed by atoms with Gasteiger partial charge in [0.2, 0.25) is 0 Å². The van der Waals surface area contributed by atoms with Crippen LogP contribution in [-0.4, -0.2) is 97.2 Å². The average Bonchev–Trinajstić information content (AvgIpc) is 3.16. The summed E-state index contributed by atoms with van der Waals surface area (Å²) in [6.45, 7) is 19.1. The zero-order chi connectivity index (χ0) is 42.3. The monoisotopic (exact) mass is 791 g/mol. The maximum Gasteiger partial charge on any atom is 0.330 e. The van der Waals surface area contributed by atoms with Crippen LogP contribution in [0.1, 0.15) is 121 Å². The topological polar surface area (TPSA) is 180 Å². The quantitative estimate of drug-likeness (QED) is 0.216. The van der Waals surface area contributed by atoms with Crippen molar-refractivity contribution in [2.75, 3.05) is 0 Å². The molecule has 2 fully saturated rings. The lowest BCUT2D eigenvalue weighted by Gasteiger charge is -2.55. The lowest BCUT2D eigenvalue weighted by molar-refractivity contribution is -0.371. The third-order valence-corrected chi connectivity index (χ3v) is 13.4. The summed E-state index contributed by atoms with van der Waals surface area (Å²) in [5, 5.41) is 55.0. The van der Waals surface area contributed by atoms with Crippen molar-refractivity contribution in [1.29, 1.82) is 0 Å². The van der Waals surface area contributed by atoms with Gasteiger partial charge in [0.05, 0.1) is 36.6 Å². The molecular formula is C45H74O11. The Morgan fingerprint density at radius 1 is 0.839 bits per heavy atom. The number of hydrogen-bond acceptors (Lipinski definition) is 11. The van der Waals surface area contributed by atoms with E-state index in [4.69, 9.17) is 14.2 Å². The Morgan fingerprint density at radius 3 is 2.11 bits per heavy atom. The van der Waals surface area contributed by atoms with Crippen molar-refractivity contribution in [3.05, 3.63) is 36.5 Å². The van der Waals surface area contributed by atoms with E-state index in [1.54, 1.807) is 20.8 Å². The summed E-state index contributed by atoms with van der Waals surface area (Å²) in [6, 6.07) is 0. The van der Waals surface area contributed by atoms with Crippen LogP contribution in [0.15, 0.2) is 36.5 Å². The highest BCUT2D eigenvalue weighted by molar-refractivity contribution is 5.91. The van der Waals surface area contributed by atoms with Crippen LogP contribution in [0.4, 0.5) is 0 Å². The van der Waals surface area contributed by atoms with E-state index in [1.165, 1.54) is 39.8 Å². The van der Waals surface area contributed by atoms with E-state index in [-0.39, 0.29) is 35.9 Å². The smallest absolute Gasteiger partial charge is 0.330 e. The molecule has 11 nitrogen and oxygen atoms in total. The Bertz CT molecular complexity index is 1390. The number of carbonyl (C=O) groups excluding carboxylic acids is 3. The van der Waals surface area contributed by atoms with Gasteiger partial charge in [0.15, 0.2) is 11.6 Å². The lowest BCUT2D eigenvalue weighted by Crippen LogP contribution is -2.62. The van der Waals surface area contributed by atoms with Gasteiger partial charge in [-0.3, -0.25) is 9.59 Å². The van der Waals surface area contributed by atoms with Crippen molar-refractivity contribution in [1.82, 2.24) is 0 Å². The molecule has 0 amide bonds. The first-order valence-corrected chi connectivity index (χ1v) is 21.2. The summed E-state index contributed by atoms with van der Waals surface area (Å²) in [6.07, 6.45) is 9.62. The molecule has 0 aromatic heterocycles. The van der Waals surface area contributed by atoms with Crippen molar-refractivity contribution in [2.24, 2.45) is 53.3 Å². The first-order valence-electron chi connectivity index (χ1n) is 21.2.